The fourth-order valence-corrected chi connectivity index (χ4v) is 1.73. The van der Waals surface area contributed by atoms with Gasteiger partial charge in [-0.25, -0.2) is 4.79 Å². The number of carboxylic acids is 1. The quantitative estimate of drug-likeness (QED) is 0.715. The van der Waals surface area contributed by atoms with Gasteiger partial charge in [-0.05, 0) is 36.6 Å². The minimum absolute atomic E-state index is 0.169. The van der Waals surface area contributed by atoms with Crippen molar-refractivity contribution in [3.63, 3.8) is 0 Å². The smallest absolute Gasteiger partial charge is 0.326 e. The van der Waals surface area contributed by atoms with Crippen LogP contribution in [0.3, 0.4) is 0 Å². The fraction of sp³-hybridized carbons (Fsp3) is 0.429. The molecule has 0 heterocycles. The molecule has 1 rings (SSSR count). The van der Waals surface area contributed by atoms with Crippen molar-refractivity contribution in [2.24, 2.45) is 11.7 Å². The molecule has 0 aliphatic carbocycles. The predicted molar refractivity (Wildman–Crippen MR) is 72.9 cm³/mol. The van der Waals surface area contributed by atoms with Crippen LogP contribution in [0.25, 0.3) is 0 Å². The van der Waals surface area contributed by atoms with Gasteiger partial charge in [0.05, 0.1) is 0 Å². The fourth-order valence-electron chi connectivity index (χ4n) is 1.73. The lowest BCUT2D eigenvalue weighted by atomic mass is 10.0. The molecule has 0 fully saturated rings. The molecular formula is C14H20N2O3. The molecule has 1 aromatic carbocycles. The molecule has 0 saturated heterocycles. The largest absolute Gasteiger partial charge is 0.480 e. The van der Waals surface area contributed by atoms with Gasteiger partial charge >= 0.3 is 5.97 Å². The van der Waals surface area contributed by atoms with Gasteiger partial charge in [0.15, 0.2) is 0 Å². The van der Waals surface area contributed by atoms with E-state index in [2.05, 4.69) is 5.32 Å². The lowest BCUT2D eigenvalue weighted by Gasteiger charge is -2.17. The van der Waals surface area contributed by atoms with Gasteiger partial charge < -0.3 is 16.2 Å². The molecule has 5 nitrogen and oxygen atoms in total. The number of carboxylic acid groups (broad SMARTS) is 1. The molecule has 19 heavy (non-hydrogen) atoms. The van der Waals surface area contributed by atoms with Crippen LogP contribution in [0.1, 0.15) is 29.8 Å². The molecule has 0 unspecified atom stereocenters. The maximum atomic E-state index is 11.9. The van der Waals surface area contributed by atoms with Crippen molar-refractivity contribution in [2.75, 3.05) is 6.54 Å². The Hall–Kier alpha value is -1.88. The molecule has 104 valence electrons. The van der Waals surface area contributed by atoms with E-state index in [1.807, 2.05) is 12.1 Å². The van der Waals surface area contributed by atoms with Crippen LogP contribution in [0.2, 0.25) is 0 Å². The number of nitrogens with two attached hydrogens (primary N) is 1. The summed E-state index contributed by atoms with van der Waals surface area (Å²) in [6.45, 7) is 4.06. The van der Waals surface area contributed by atoms with Crippen molar-refractivity contribution >= 4 is 11.9 Å². The number of nitrogens with one attached hydrogen (secondary N) is 1. The molecule has 0 aliphatic heterocycles. The summed E-state index contributed by atoms with van der Waals surface area (Å²) >= 11 is 0. The van der Waals surface area contributed by atoms with Gasteiger partial charge in [0.2, 0.25) is 0 Å². The summed E-state index contributed by atoms with van der Waals surface area (Å²) in [5.74, 6) is -1.57. The molecular weight excluding hydrogens is 244 g/mol. The molecule has 1 amide bonds. The zero-order valence-electron chi connectivity index (χ0n) is 11.2. The number of amides is 1. The van der Waals surface area contributed by atoms with Crippen LogP contribution in [0.4, 0.5) is 0 Å². The summed E-state index contributed by atoms with van der Waals surface area (Å²) in [6, 6.07) is 6.13. The number of aliphatic carboxylic acids is 1. The van der Waals surface area contributed by atoms with Crippen LogP contribution >= 0.6 is 0 Å². The Bertz CT molecular complexity index is 441. The van der Waals surface area contributed by atoms with E-state index in [-0.39, 0.29) is 11.8 Å². The van der Waals surface area contributed by atoms with Crippen LogP contribution in [-0.2, 0) is 11.2 Å². The second kappa shape index (κ2) is 6.89. The predicted octanol–water partition coefficient (Wildman–Crippen LogP) is 1.03. The highest BCUT2D eigenvalue weighted by Gasteiger charge is 2.23. The number of hydrogen-bond donors (Lipinski definition) is 3. The van der Waals surface area contributed by atoms with Crippen molar-refractivity contribution in [3.8, 4) is 0 Å². The van der Waals surface area contributed by atoms with Crippen LogP contribution in [-0.4, -0.2) is 29.6 Å². The summed E-state index contributed by atoms with van der Waals surface area (Å²) in [7, 11) is 0. The van der Waals surface area contributed by atoms with Crippen molar-refractivity contribution < 1.29 is 14.7 Å². The van der Waals surface area contributed by atoms with Gasteiger partial charge in [-0.2, -0.15) is 0 Å². The molecule has 0 aromatic heterocycles. The molecule has 0 radical (unpaired) electrons. The number of carbonyl (C=O) groups excluding carboxylic acids is 1. The normalized spacial score (nSPS) is 12.2. The van der Waals surface area contributed by atoms with Crippen molar-refractivity contribution in [1.82, 2.24) is 5.32 Å². The van der Waals surface area contributed by atoms with Gasteiger partial charge in [-0.1, -0.05) is 26.0 Å². The lowest BCUT2D eigenvalue weighted by Crippen LogP contribution is -2.44. The Morgan fingerprint density at radius 3 is 2.26 bits per heavy atom. The lowest BCUT2D eigenvalue weighted by molar-refractivity contribution is -0.140. The van der Waals surface area contributed by atoms with Gasteiger partial charge in [-0.3, -0.25) is 4.79 Å². The Morgan fingerprint density at radius 2 is 1.84 bits per heavy atom. The molecule has 0 bridgehead atoms. The monoisotopic (exact) mass is 264 g/mol. The Morgan fingerprint density at radius 1 is 1.26 bits per heavy atom. The molecule has 1 atom stereocenters. The second-order valence-corrected chi connectivity index (χ2v) is 4.77. The van der Waals surface area contributed by atoms with Crippen LogP contribution < -0.4 is 11.1 Å². The van der Waals surface area contributed by atoms with Crippen molar-refractivity contribution in [1.29, 1.82) is 0 Å². The van der Waals surface area contributed by atoms with E-state index in [0.717, 1.165) is 12.0 Å². The average Bonchev–Trinajstić information content (AvgIpc) is 2.36. The van der Waals surface area contributed by atoms with Gasteiger partial charge in [0, 0.05) is 5.56 Å². The highest BCUT2D eigenvalue weighted by atomic mass is 16.4. The summed E-state index contributed by atoms with van der Waals surface area (Å²) in [5, 5.41) is 11.5. The van der Waals surface area contributed by atoms with E-state index < -0.39 is 12.0 Å². The van der Waals surface area contributed by atoms with Crippen molar-refractivity contribution in [2.45, 2.75) is 26.3 Å². The first kappa shape index (κ1) is 15.2. The Labute approximate surface area is 112 Å². The summed E-state index contributed by atoms with van der Waals surface area (Å²) in [6.07, 6.45) is 0.756. The highest BCUT2D eigenvalue weighted by Crippen LogP contribution is 2.07. The van der Waals surface area contributed by atoms with E-state index >= 15 is 0 Å². The summed E-state index contributed by atoms with van der Waals surface area (Å²) < 4.78 is 0. The number of carbonyl (C=O) groups is 2. The van der Waals surface area contributed by atoms with Gasteiger partial charge in [-0.15, -0.1) is 0 Å². The topological polar surface area (TPSA) is 92.4 Å². The zero-order chi connectivity index (χ0) is 14.4. The van der Waals surface area contributed by atoms with Gasteiger partial charge in [0.1, 0.15) is 6.04 Å². The minimum atomic E-state index is -1.02. The standard InChI is InChI=1S/C14H20N2O3/c1-9(2)12(14(18)19)16-13(17)11-5-3-10(4-6-11)7-8-15/h3-6,9,12H,7-8,15H2,1-2H3,(H,16,17)(H,18,19)/t12-/m1/s1. The summed E-state index contributed by atoms with van der Waals surface area (Å²) in [4.78, 5) is 23.0. The first-order valence-electron chi connectivity index (χ1n) is 6.28. The van der Waals surface area contributed by atoms with Crippen LogP contribution in [0.15, 0.2) is 24.3 Å². The molecule has 0 saturated carbocycles. The van der Waals surface area contributed by atoms with E-state index in [4.69, 9.17) is 10.8 Å². The van der Waals surface area contributed by atoms with E-state index in [0.29, 0.717) is 12.1 Å². The molecule has 5 heteroatoms. The zero-order valence-corrected chi connectivity index (χ0v) is 11.2. The third kappa shape index (κ3) is 4.37. The van der Waals surface area contributed by atoms with Crippen LogP contribution in [0.5, 0.6) is 0 Å². The second-order valence-electron chi connectivity index (χ2n) is 4.77. The third-order valence-electron chi connectivity index (χ3n) is 2.87. The minimum Gasteiger partial charge on any atom is -0.480 e. The molecule has 0 spiro atoms. The molecule has 1 aromatic rings. The highest BCUT2D eigenvalue weighted by molar-refractivity contribution is 5.96. The van der Waals surface area contributed by atoms with Crippen molar-refractivity contribution in [3.05, 3.63) is 35.4 Å². The summed E-state index contributed by atoms with van der Waals surface area (Å²) in [5.41, 5.74) is 6.95. The number of hydrogen-bond acceptors (Lipinski definition) is 3. The SMILES string of the molecule is CC(C)[C@@H](NC(=O)c1ccc(CCN)cc1)C(=O)O. The third-order valence-corrected chi connectivity index (χ3v) is 2.87. The number of rotatable bonds is 6. The molecule has 0 aliphatic rings. The first-order chi connectivity index (χ1) is 8.95. The van der Waals surface area contributed by atoms with E-state index in [9.17, 15) is 9.59 Å². The maximum Gasteiger partial charge on any atom is 0.326 e. The number of benzene rings is 1. The Balaban J connectivity index is 2.74. The van der Waals surface area contributed by atoms with E-state index in [1.165, 1.54) is 0 Å². The maximum absolute atomic E-state index is 11.9. The molecule has 4 N–H and O–H groups in total. The van der Waals surface area contributed by atoms with Crippen LogP contribution in [0, 0.1) is 5.92 Å². The van der Waals surface area contributed by atoms with Gasteiger partial charge in [0.25, 0.3) is 5.91 Å². The first-order valence-corrected chi connectivity index (χ1v) is 6.28. The Kier molecular flexibility index (Phi) is 5.51. The average molecular weight is 264 g/mol. The van der Waals surface area contributed by atoms with E-state index in [1.54, 1.807) is 26.0 Å².